The fraction of sp³-hybridized carbons (Fsp3) is 0.829. The number of hydrogen-bond acceptors (Lipinski definition) is 3. The molecule has 0 aliphatic rings. The normalized spacial score (nSPS) is 13.4. The Morgan fingerprint density at radius 1 is 0.511 bits per heavy atom. The molecule has 0 aromatic carbocycles. The predicted molar refractivity (Wildman–Crippen MR) is 198 cm³/mol. The molecule has 0 saturated heterocycles. The second-order valence-corrected chi connectivity index (χ2v) is 13.3. The molecule has 1 amide bonds. The summed E-state index contributed by atoms with van der Waals surface area (Å²) in [6.45, 7) is 4.24. The van der Waals surface area contributed by atoms with Gasteiger partial charge in [-0.3, -0.25) is 4.79 Å². The molecule has 0 aliphatic carbocycles. The number of aliphatic hydroxyl groups excluding tert-OH is 2. The molecular formula is C41H77NO3. The van der Waals surface area contributed by atoms with Crippen molar-refractivity contribution in [3.8, 4) is 0 Å². The molecule has 2 atom stereocenters. The highest BCUT2D eigenvalue weighted by molar-refractivity contribution is 5.76. The number of unbranched alkanes of at least 4 members (excludes halogenated alkanes) is 24. The lowest BCUT2D eigenvalue weighted by Gasteiger charge is -2.19. The minimum absolute atomic E-state index is 0.0896. The molecule has 0 fully saturated rings. The van der Waals surface area contributed by atoms with Crippen LogP contribution in [-0.2, 0) is 4.79 Å². The SMILES string of the molecule is CCCC/C=C\CCCCCCC(=O)NC(CO)C(O)/C=C/CC/C=C/CCCCCCCCCCCCCCCCCCC. The van der Waals surface area contributed by atoms with Crippen molar-refractivity contribution < 1.29 is 15.0 Å². The van der Waals surface area contributed by atoms with Crippen molar-refractivity contribution in [1.82, 2.24) is 5.32 Å². The minimum Gasteiger partial charge on any atom is -0.394 e. The van der Waals surface area contributed by atoms with Crippen molar-refractivity contribution in [2.24, 2.45) is 0 Å². The molecule has 4 nitrogen and oxygen atoms in total. The van der Waals surface area contributed by atoms with Gasteiger partial charge < -0.3 is 15.5 Å². The first kappa shape index (κ1) is 43.6. The molecule has 0 radical (unpaired) electrons. The number of amides is 1. The first-order chi connectivity index (χ1) is 22.2. The summed E-state index contributed by atoms with van der Waals surface area (Å²) in [5, 5.41) is 22.8. The van der Waals surface area contributed by atoms with Gasteiger partial charge in [-0.25, -0.2) is 0 Å². The van der Waals surface area contributed by atoms with Gasteiger partial charge in [-0.2, -0.15) is 0 Å². The summed E-state index contributed by atoms with van der Waals surface area (Å²) in [7, 11) is 0. The van der Waals surface area contributed by atoms with E-state index in [1.807, 2.05) is 6.08 Å². The summed E-state index contributed by atoms with van der Waals surface area (Å²) in [5.41, 5.74) is 0. The minimum atomic E-state index is -0.864. The summed E-state index contributed by atoms with van der Waals surface area (Å²) in [6, 6.07) is -0.641. The van der Waals surface area contributed by atoms with Crippen LogP contribution >= 0.6 is 0 Å². The number of carbonyl (C=O) groups is 1. The van der Waals surface area contributed by atoms with Crippen LogP contribution in [-0.4, -0.2) is 34.9 Å². The van der Waals surface area contributed by atoms with Crippen molar-refractivity contribution in [3.05, 3.63) is 36.5 Å². The highest BCUT2D eigenvalue weighted by Gasteiger charge is 2.17. The lowest BCUT2D eigenvalue weighted by atomic mass is 10.0. The van der Waals surface area contributed by atoms with Crippen LogP contribution in [0.2, 0.25) is 0 Å². The summed E-state index contributed by atoms with van der Waals surface area (Å²) in [6.07, 6.45) is 48.2. The number of aliphatic hydroxyl groups is 2. The Hall–Kier alpha value is -1.39. The average Bonchev–Trinajstić information content (AvgIpc) is 3.04. The first-order valence-corrected chi connectivity index (χ1v) is 19.7. The Balaban J connectivity index is 3.60. The van der Waals surface area contributed by atoms with E-state index < -0.39 is 12.1 Å². The van der Waals surface area contributed by atoms with Gasteiger partial charge >= 0.3 is 0 Å². The van der Waals surface area contributed by atoms with Gasteiger partial charge in [0.25, 0.3) is 0 Å². The smallest absolute Gasteiger partial charge is 0.220 e. The van der Waals surface area contributed by atoms with Crippen LogP contribution in [0.15, 0.2) is 36.5 Å². The maximum absolute atomic E-state index is 12.3. The predicted octanol–water partition coefficient (Wildman–Crippen LogP) is 11.8. The third-order valence-electron chi connectivity index (χ3n) is 8.85. The summed E-state index contributed by atoms with van der Waals surface area (Å²) in [5.74, 6) is -0.0896. The maximum Gasteiger partial charge on any atom is 0.220 e. The second-order valence-electron chi connectivity index (χ2n) is 13.3. The zero-order valence-electron chi connectivity index (χ0n) is 30.1. The largest absolute Gasteiger partial charge is 0.394 e. The van der Waals surface area contributed by atoms with Gasteiger partial charge in [0.2, 0.25) is 5.91 Å². The molecular weight excluding hydrogens is 554 g/mol. The Bertz CT molecular complexity index is 686. The molecule has 45 heavy (non-hydrogen) atoms. The van der Waals surface area contributed by atoms with Crippen molar-refractivity contribution in [3.63, 3.8) is 0 Å². The Morgan fingerprint density at radius 2 is 0.889 bits per heavy atom. The number of rotatable bonds is 35. The van der Waals surface area contributed by atoms with E-state index in [0.717, 1.165) is 44.9 Å². The number of carbonyl (C=O) groups excluding carboxylic acids is 1. The van der Waals surface area contributed by atoms with Crippen LogP contribution in [0.25, 0.3) is 0 Å². The van der Waals surface area contributed by atoms with Gasteiger partial charge in [0, 0.05) is 6.42 Å². The molecule has 0 saturated carbocycles. The molecule has 0 bridgehead atoms. The number of hydrogen-bond donors (Lipinski definition) is 3. The molecule has 2 unspecified atom stereocenters. The van der Waals surface area contributed by atoms with Gasteiger partial charge in [0.05, 0.1) is 18.8 Å². The lowest BCUT2D eigenvalue weighted by Crippen LogP contribution is -2.45. The molecule has 264 valence electrons. The molecule has 0 aromatic rings. The van der Waals surface area contributed by atoms with E-state index in [9.17, 15) is 15.0 Å². The first-order valence-electron chi connectivity index (χ1n) is 19.7. The van der Waals surface area contributed by atoms with E-state index in [4.69, 9.17) is 0 Å². The second kappa shape index (κ2) is 37.1. The van der Waals surface area contributed by atoms with Crippen molar-refractivity contribution >= 4 is 5.91 Å². The Morgan fingerprint density at radius 3 is 1.36 bits per heavy atom. The van der Waals surface area contributed by atoms with Crippen molar-refractivity contribution in [1.29, 1.82) is 0 Å². The quantitative estimate of drug-likeness (QED) is 0.0481. The van der Waals surface area contributed by atoms with Crippen LogP contribution in [0, 0.1) is 0 Å². The van der Waals surface area contributed by atoms with Crippen LogP contribution < -0.4 is 5.32 Å². The van der Waals surface area contributed by atoms with E-state index in [0.29, 0.717) is 6.42 Å². The van der Waals surface area contributed by atoms with Gasteiger partial charge in [0.15, 0.2) is 0 Å². The summed E-state index contributed by atoms with van der Waals surface area (Å²) in [4.78, 5) is 12.3. The Kier molecular flexibility index (Phi) is 35.9. The topological polar surface area (TPSA) is 69.6 Å². The van der Waals surface area contributed by atoms with Gasteiger partial charge in [-0.1, -0.05) is 179 Å². The van der Waals surface area contributed by atoms with E-state index in [-0.39, 0.29) is 12.5 Å². The summed E-state index contributed by atoms with van der Waals surface area (Å²) < 4.78 is 0. The fourth-order valence-electron chi connectivity index (χ4n) is 5.76. The van der Waals surface area contributed by atoms with Crippen molar-refractivity contribution in [2.75, 3.05) is 6.61 Å². The highest BCUT2D eigenvalue weighted by Crippen LogP contribution is 2.14. The monoisotopic (exact) mass is 632 g/mol. The molecule has 4 heteroatoms. The zero-order chi connectivity index (χ0) is 32.9. The van der Waals surface area contributed by atoms with Crippen LogP contribution in [0.4, 0.5) is 0 Å². The number of allylic oxidation sites excluding steroid dienone is 5. The molecule has 0 heterocycles. The van der Waals surface area contributed by atoms with Gasteiger partial charge in [-0.15, -0.1) is 0 Å². The average molecular weight is 632 g/mol. The molecule has 0 spiro atoms. The van der Waals surface area contributed by atoms with Crippen molar-refractivity contribution in [2.45, 2.75) is 212 Å². The lowest BCUT2D eigenvalue weighted by molar-refractivity contribution is -0.123. The highest BCUT2D eigenvalue weighted by atomic mass is 16.3. The van der Waals surface area contributed by atoms with Crippen LogP contribution in [0.3, 0.4) is 0 Å². The maximum atomic E-state index is 12.3. The molecule has 3 N–H and O–H groups in total. The Labute approximate surface area is 281 Å². The van der Waals surface area contributed by atoms with Crippen LogP contribution in [0.1, 0.15) is 200 Å². The van der Waals surface area contributed by atoms with E-state index in [1.54, 1.807) is 6.08 Å². The molecule has 0 rings (SSSR count). The van der Waals surface area contributed by atoms with E-state index in [1.165, 1.54) is 135 Å². The standard InChI is InChI=1S/C41H77NO3/c1-3-5-7-9-11-13-15-16-17-18-19-20-21-22-23-24-25-26-27-28-30-32-34-36-40(44)39(38-43)42-41(45)37-35-33-31-29-14-12-10-8-6-4-2/h10,12,27-28,34,36,39-40,43-44H,3-9,11,13-26,29-33,35,37-38H2,1-2H3,(H,42,45)/b12-10-,28-27+,36-34+. The van der Waals surface area contributed by atoms with Crippen LogP contribution in [0.5, 0.6) is 0 Å². The zero-order valence-corrected chi connectivity index (χ0v) is 30.1. The van der Waals surface area contributed by atoms with Gasteiger partial charge in [0.1, 0.15) is 0 Å². The van der Waals surface area contributed by atoms with E-state index >= 15 is 0 Å². The van der Waals surface area contributed by atoms with E-state index in [2.05, 4.69) is 43.5 Å². The molecule has 0 aromatic heterocycles. The third-order valence-corrected chi connectivity index (χ3v) is 8.85. The fourth-order valence-corrected chi connectivity index (χ4v) is 5.76. The molecule has 0 aliphatic heterocycles. The summed E-state index contributed by atoms with van der Waals surface area (Å²) >= 11 is 0. The number of nitrogens with one attached hydrogen (secondary N) is 1. The van der Waals surface area contributed by atoms with Gasteiger partial charge in [-0.05, 0) is 51.4 Å². The third kappa shape index (κ3) is 33.8.